The first-order valence-electron chi connectivity index (χ1n) is 8.74. The van der Waals surface area contributed by atoms with E-state index in [9.17, 15) is 23.6 Å². The Labute approximate surface area is 166 Å². The zero-order valence-electron chi connectivity index (χ0n) is 16.2. The van der Waals surface area contributed by atoms with Gasteiger partial charge in [-0.1, -0.05) is 12.1 Å². The second-order valence-corrected chi connectivity index (χ2v) is 6.03. The summed E-state index contributed by atoms with van der Waals surface area (Å²) in [6, 6.07) is 5.42. The first-order valence-corrected chi connectivity index (χ1v) is 8.74. The average Bonchev–Trinajstić information content (AvgIpc) is 2.96. The first-order chi connectivity index (χ1) is 13.7. The second kappa shape index (κ2) is 9.63. The van der Waals surface area contributed by atoms with E-state index in [-0.39, 0.29) is 35.8 Å². The highest BCUT2D eigenvalue weighted by Gasteiger charge is 2.28. The molecule has 8 nitrogen and oxygen atoms in total. The molecule has 1 N–H and O–H groups in total. The molecule has 0 aliphatic heterocycles. The van der Waals surface area contributed by atoms with Crippen LogP contribution in [-0.4, -0.2) is 36.8 Å². The lowest BCUT2D eigenvalue weighted by atomic mass is 10.1. The predicted molar refractivity (Wildman–Crippen MR) is 99.1 cm³/mol. The molecule has 29 heavy (non-hydrogen) atoms. The maximum absolute atomic E-state index is 13.1. The molecule has 0 aliphatic carbocycles. The molecule has 1 amide bonds. The molecular weight excluding hydrogens is 385 g/mol. The largest absolute Gasteiger partial charge is 0.462 e. The highest BCUT2D eigenvalue weighted by atomic mass is 19.1. The van der Waals surface area contributed by atoms with E-state index < -0.39 is 36.1 Å². The van der Waals surface area contributed by atoms with Gasteiger partial charge in [-0.05, 0) is 38.5 Å². The summed E-state index contributed by atoms with van der Waals surface area (Å²) in [5.74, 6) is -3.40. The first kappa shape index (κ1) is 21.8. The normalized spacial score (nSPS) is 10.3. The summed E-state index contributed by atoms with van der Waals surface area (Å²) < 4.78 is 28.2. The van der Waals surface area contributed by atoms with Gasteiger partial charge < -0.3 is 13.9 Å². The van der Waals surface area contributed by atoms with Gasteiger partial charge in [-0.25, -0.2) is 9.18 Å². The lowest BCUT2D eigenvalue weighted by Crippen LogP contribution is -2.23. The van der Waals surface area contributed by atoms with Gasteiger partial charge >= 0.3 is 11.9 Å². The van der Waals surface area contributed by atoms with E-state index in [1.165, 1.54) is 32.0 Å². The number of nitrogens with one attached hydrogen (secondary N) is 1. The van der Waals surface area contributed by atoms with Crippen molar-refractivity contribution in [1.82, 2.24) is 0 Å². The lowest BCUT2D eigenvalue weighted by Gasteiger charge is -2.07. The minimum atomic E-state index is -0.826. The molecule has 0 spiro atoms. The molecular formula is C20H20FNO7. The van der Waals surface area contributed by atoms with Gasteiger partial charge in [0.1, 0.15) is 17.1 Å². The molecule has 9 heteroatoms. The van der Waals surface area contributed by atoms with Gasteiger partial charge in [-0.15, -0.1) is 0 Å². The number of benzene rings is 1. The summed E-state index contributed by atoms with van der Waals surface area (Å²) >= 11 is 0. The van der Waals surface area contributed by atoms with Crippen LogP contribution in [0.15, 0.2) is 28.7 Å². The summed E-state index contributed by atoms with van der Waals surface area (Å²) in [4.78, 5) is 47.9. The van der Waals surface area contributed by atoms with Crippen molar-refractivity contribution in [3.05, 3.63) is 52.5 Å². The fraction of sp³-hybridized carbons (Fsp3) is 0.300. The molecule has 0 unspecified atom stereocenters. The smallest absolute Gasteiger partial charge is 0.344 e. The number of furan rings is 1. The van der Waals surface area contributed by atoms with E-state index in [1.54, 1.807) is 13.0 Å². The molecule has 0 bridgehead atoms. The van der Waals surface area contributed by atoms with E-state index in [2.05, 4.69) is 5.32 Å². The van der Waals surface area contributed by atoms with Crippen molar-refractivity contribution in [2.24, 2.45) is 0 Å². The highest BCUT2D eigenvalue weighted by Crippen LogP contribution is 2.28. The van der Waals surface area contributed by atoms with Crippen LogP contribution in [0.25, 0.3) is 0 Å². The summed E-state index contributed by atoms with van der Waals surface area (Å²) in [6.07, 6.45) is -0.215. The van der Waals surface area contributed by atoms with Gasteiger partial charge in [-0.3, -0.25) is 19.7 Å². The molecule has 0 radical (unpaired) electrons. The highest BCUT2D eigenvalue weighted by molar-refractivity contribution is 6.10. The van der Waals surface area contributed by atoms with Crippen LogP contribution in [0, 0.1) is 12.7 Å². The number of rotatable bonds is 8. The maximum Gasteiger partial charge on any atom is 0.344 e. The molecule has 0 saturated heterocycles. The number of hydrogen-bond donors (Lipinski definition) is 1. The number of anilines is 1. The van der Waals surface area contributed by atoms with Crippen molar-refractivity contribution in [2.75, 3.05) is 18.5 Å². The fourth-order valence-electron chi connectivity index (χ4n) is 2.63. The van der Waals surface area contributed by atoms with E-state index in [0.717, 1.165) is 0 Å². The van der Waals surface area contributed by atoms with Crippen LogP contribution in [-0.2, 0) is 25.5 Å². The van der Waals surface area contributed by atoms with Crippen molar-refractivity contribution in [3.8, 4) is 0 Å². The van der Waals surface area contributed by atoms with Crippen LogP contribution < -0.4 is 5.32 Å². The van der Waals surface area contributed by atoms with Crippen molar-refractivity contribution in [2.45, 2.75) is 27.2 Å². The number of hydrogen-bond acceptors (Lipinski definition) is 7. The molecule has 1 aromatic carbocycles. The summed E-state index contributed by atoms with van der Waals surface area (Å²) in [7, 11) is 0. The molecule has 0 fully saturated rings. The Kier molecular flexibility index (Phi) is 7.24. The van der Waals surface area contributed by atoms with Crippen LogP contribution in [0.1, 0.15) is 45.9 Å². The van der Waals surface area contributed by atoms with Gasteiger partial charge in [0.25, 0.3) is 5.91 Å². The van der Waals surface area contributed by atoms with Crippen molar-refractivity contribution < 1.29 is 37.5 Å². The number of ether oxygens (including phenoxy) is 2. The van der Waals surface area contributed by atoms with Crippen LogP contribution in [0.3, 0.4) is 0 Å². The zero-order chi connectivity index (χ0) is 21.6. The average molecular weight is 405 g/mol. The number of carbonyl (C=O) groups excluding carboxylic acids is 4. The Hall–Kier alpha value is -3.49. The Morgan fingerprint density at radius 1 is 1.14 bits per heavy atom. The maximum atomic E-state index is 13.1. The minimum Gasteiger partial charge on any atom is -0.462 e. The van der Waals surface area contributed by atoms with Crippen LogP contribution >= 0.6 is 0 Å². The van der Waals surface area contributed by atoms with E-state index >= 15 is 0 Å². The molecule has 0 atom stereocenters. The topological polar surface area (TPSA) is 112 Å². The molecule has 1 heterocycles. The Bertz CT molecular complexity index is 948. The molecule has 0 aliphatic rings. The molecule has 0 saturated carbocycles. The Morgan fingerprint density at radius 2 is 1.86 bits per heavy atom. The van der Waals surface area contributed by atoms with E-state index in [0.29, 0.717) is 5.56 Å². The van der Waals surface area contributed by atoms with Crippen LogP contribution in [0.2, 0.25) is 0 Å². The van der Waals surface area contributed by atoms with Crippen LogP contribution in [0.5, 0.6) is 0 Å². The number of aryl methyl sites for hydroxylation is 1. The number of ketones is 1. The van der Waals surface area contributed by atoms with Crippen LogP contribution in [0.4, 0.5) is 10.3 Å². The number of esters is 2. The molecule has 154 valence electrons. The molecule has 1 aromatic heterocycles. The fourth-order valence-corrected chi connectivity index (χ4v) is 2.63. The zero-order valence-corrected chi connectivity index (χ0v) is 16.2. The summed E-state index contributed by atoms with van der Waals surface area (Å²) in [5.41, 5.74) is 0.200. The van der Waals surface area contributed by atoms with Gasteiger partial charge in [-0.2, -0.15) is 0 Å². The number of Topliss-reactive ketones (excluding diaryl/α,β-unsaturated/α-hetero) is 1. The molecule has 2 aromatic rings. The third-order valence-electron chi connectivity index (χ3n) is 3.77. The third-order valence-corrected chi connectivity index (χ3v) is 3.77. The van der Waals surface area contributed by atoms with E-state index in [1.807, 2.05) is 0 Å². The number of halogens is 1. The summed E-state index contributed by atoms with van der Waals surface area (Å²) in [6.45, 7) is 3.71. The van der Waals surface area contributed by atoms with Gasteiger partial charge in [0.15, 0.2) is 12.4 Å². The van der Waals surface area contributed by atoms with Crippen molar-refractivity contribution >= 4 is 29.5 Å². The summed E-state index contributed by atoms with van der Waals surface area (Å²) in [5, 5.41) is 2.30. The minimum absolute atomic E-state index is 0.00171. The van der Waals surface area contributed by atoms with Crippen molar-refractivity contribution in [3.63, 3.8) is 0 Å². The number of carbonyl (C=O) groups is 4. The van der Waals surface area contributed by atoms with Gasteiger partial charge in [0, 0.05) is 0 Å². The van der Waals surface area contributed by atoms with Gasteiger partial charge in [0.2, 0.25) is 5.88 Å². The van der Waals surface area contributed by atoms with E-state index in [4.69, 9.17) is 13.9 Å². The Morgan fingerprint density at radius 3 is 2.48 bits per heavy atom. The second-order valence-electron chi connectivity index (χ2n) is 6.03. The van der Waals surface area contributed by atoms with Gasteiger partial charge in [0.05, 0.1) is 18.6 Å². The number of amides is 1. The molecule has 2 rings (SSSR count). The monoisotopic (exact) mass is 405 g/mol. The Balaban J connectivity index is 2.04. The third kappa shape index (κ3) is 5.74. The SMILES string of the molecule is CCOC(=O)c1c(NC(=O)COC(=O)Cc2cccc(F)c2)oc(C)c1C(C)=O. The van der Waals surface area contributed by atoms with Crippen molar-refractivity contribution in [1.29, 1.82) is 0 Å². The predicted octanol–water partition coefficient (Wildman–Crippen LogP) is 2.83. The standard InChI is InChI=1S/C20H20FNO7/c1-4-27-20(26)18-17(11(2)23)12(3)29-19(18)22-15(24)10-28-16(25)9-13-6-5-7-14(21)8-13/h5-8H,4,9-10H2,1-3H3,(H,22,24). The quantitative estimate of drug-likeness (QED) is 0.531. The lowest BCUT2D eigenvalue weighted by molar-refractivity contribution is -0.146.